The van der Waals surface area contributed by atoms with Gasteiger partial charge < -0.3 is 20.3 Å². The summed E-state index contributed by atoms with van der Waals surface area (Å²) in [6, 6.07) is 4.47. The van der Waals surface area contributed by atoms with Crippen LogP contribution >= 0.6 is 0 Å². The van der Waals surface area contributed by atoms with Crippen LogP contribution < -0.4 is 15.4 Å². The fourth-order valence-corrected chi connectivity index (χ4v) is 3.52. The third-order valence-corrected chi connectivity index (χ3v) is 5.85. The van der Waals surface area contributed by atoms with Crippen LogP contribution in [0.5, 0.6) is 5.75 Å². The standard InChI is InChI=1S/C25H24F7N3O4/c1-35(17-4-2-16(26)3-5-17)23(37)39-22-18(10-15(24(27,28)29)11-19(22)25(30,31)32)14(12-33)13-34-8-9-38-21-7-6-20(21)36/h2-5,10-13,20-21,36H,6-9,33H2,1H3. The van der Waals surface area contributed by atoms with Crippen LogP contribution in [0.1, 0.15) is 29.5 Å². The van der Waals surface area contributed by atoms with Crippen molar-refractivity contribution >= 4 is 23.6 Å². The van der Waals surface area contributed by atoms with Gasteiger partial charge >= 0.3 is 18.4 Å². The number of carbonyl (C=O) groups excluding carboxylic acids is 1. The van der Waals surface area contributed by atoms with Crippen molar-refractivity contribution in [2.75, 3.05) is 25.1 Å². The molecule has 0 bridgehead atoms. The van der Waals surface area contributed by atoms with Crippen LogP contribution in [-0.2, 0) is 17.1 Å². The summed E-state index contributed by atoms with van der Waals surface area (Å²) in [6.07, 6.45) is -10.0. The third kappa shape index (κ3) is 7.47. The van der Waals surface area contributed by atoms with Gasteiger partial charge in [-0.15, -0.1) is 0 Å². The van der Waals surface area contributed by atoms with Gasteiger partial charge in [-0.1, -0.05) is 0 Å². The van der Waals surface area contributed by atoms with Crippen molar-refractivity contribution in [3.8, 4) is 5.75 Å². The zero-order valence-corrected chi connectivity index (χ0v) is 20.4. The molecule has 2 aromatic rings. The van der Waals surface area contributed by atoms with Gasteiger partial charge in [-0.2, -0.15) is 26.3 Å². The quantitative estimate of drug-likeness (QED) is 0.255. The molecule has 1 fully saturated rings. The minimum absolute atomic E-state index is 0.0246. The summed E-state index contributed by atoms with van der Waals surface area (Å²) in [7, 11) is 1.12. The molecule has 2 atom stereocenters. The number of allylic oxidation sites excluding steroid dienone is 1. The van der Waals surface area contributed by atoms with E-state index in [1.165, 1.54) is 0 Å². The number of anilines is 1. The molecule has 1 saturated carbocycles. The number of hydrogen-bond acceptors (Lipinski definition) is 6. The predicted molar refractivity (Wildman–Crippen MR) is 128 cm³/mol. The van der Waals surface area contributed by atoms with E-state index in [4.69, 9.17) is 15.2 Å². The Labute approximate surface area is 218 Å². The Bertz CT molecular complexity index is 1230. The highest BCUT2D eigenvalue weighted by atomic mass is 19.4. The van der Waals surface area contributed by atoms with Crippen molar-refractivity contribution in [2.24, 2.45) is 10.7 Å². The number of nitrogens with two attached hydrogens (primary N) is 1. The van der Waals surface area contributed by atoms with Gasteiger partial charge in [0, 0.05) is 36.3 Å². The van der Waals surface area contributed by atoms with E-state index in [0.29, 0.717) is 18.9 Å². The van der Waals surface area contributed by atoms with Crippen molar-refractivity contribution in [3.63, 3.8) is 0 Å². The Morgan fingerprint density at radius 1 is 1.13 bits per heavy atom. The van der Waals surface area contributed by atoms with E-state index in [0.717, 1.165) is 48.6 Å². The van der Waals surface area contributed by atoms with Gasteiger partial charge in [-0.3, -0.25) is 9.89 Å². The lowest BCUT2D eigenvalue weighted by Crippen LogP contribution is -2.39. The van der Waals surface area contributed by atoms with E-state index >= 15 is 0 Å². The van der Waals surface area contributed by atoms with Crippen molar-refractivity contribution in [1.29, 1.82) is 0 Å². The van der Waals surface area contributed by atoms with E-state index in [9.17, 15) is 40.6 Å². The first-order chi connectivity index (χ1) is 18.2. The molecule has 0 aromatic heterocycles. The smallest absolute Gasteiger partial charge is 0.409 e. The SMILES string of the molecule is CN(C(=O)Oc1c(C(C=NCCOC2CCC2O)=CN)cc(C(F)(F)F)cc1C(F)(F)F)c1ccc(F)cc1. The maximum Gasteiger partial charge on any atom is 0.420 e. The van der Waals surface area contributed by atoms with Gasteiger partial charge in [0.05, 0.1) is 36.5 Å². The molecule has 0 spiro atoms. The second-order valence-corrected chi connectivity index (χ2v) is 8.51. The zero-order valence-electron chi connectivity index (χ0n) is 20.4. The highest BCUT2D eigenvalue weighted by molar-refractivity contribution is 6.11. The Kier molecular flexibility index (Phi) is 9.22. The summed E-state index contributed by atoms with van der Waals surface area (Å²) in [5, 5.41) is 9.51. The number of alkyl halides is 6. The van der Waals surface area contributed by atoms with Crippen molar-refractivity contribution in [2.45, 2.75) is 37.4 Å². The van der Waals surface area contributed by atoms with Gasteiger partial charge in [0.1, 0.15) is 5.82 Å². The number of hydrogen-bond donors (Lipinski definition) is 2. The summed E-state index contributed by atoms with van der Waals surface area (Å²) in [6.45, 7) is -0.0230. The monoisotopic (exact) mass is 563 g/mol. The van der Waals surface area contributed by atoms with Gasteiger partial charge in [0.25, 0.3) is 0 Å². The average molecular weight is 563 g/mol. The summed E-state index contributed by atoms with van der Waals surface area (Å²) in [4.78, 5) is 17.4. The molecule has 1 amide bonds. The highest BCUT2D eigenvalue weighted by Crippen LogP contribution is 2.44. The minimum atomic E-state index is -5.37. The molecule has 14 heteroatoms. The normalized spacial score (nSPS) is 18.2. The summed E-state index contributed by atoms with van der Waals surface area (Å²) in [5.74, 6) is -1.87. The first-order valence-corrected chi connectivity index (χ1v) is 11.5. The van der Waals surface area contributed by atoms with Gasteiger partial charge in [0.15, 0.2) is 5.75 Å². The molecule has 0 aliphatic heterocycles. The van der Waals surface area contributed by atoms with Crippen LogP contribution in [0, 0.1) is 5.82 Å². The number of aliphatic hydroxyl groups is 1. The lowest BCUT2D eigenvalue weighted by molar-refractivity contribution is -0.143. The fraction of sp³-hybridized carbons (Fsp3) is 0.360. The number of benzene rings is 2. The molecule has 39 heavy (non-hydrogen) atoms. The van der Waals surface area contributed by atoms with E-state index < -0.39 is 58.4 Å². The van der Waals surface area contributed by atoms with E-state index in [1.807, 2.05) is 0 Å². The maximum atomic E-state index is 13.9. The predicted octanol–water partition coefficient (Wildman–Crippen LogP) is 5.41. The maximum absolute atomic E-state index is 13.9. The van der Waals surface area contributed by atoms with E-state index in [-0.39, 0.29) is 31.0 Å². The van der Waals surface area contributed by atoms with Crippen LogP contribution in [0.3, 0.4) is 0 Å². The number of rotatable bonds is 8. The largest absolute Gasteiger partial charge is 0.420 e. The molecular weight excluding hydrogens is 539 g/mol. The molecule has 0 radical (unpaired) electrons. The zero-order chi connectivity index (χ0) is 29.0. The first kappa shape index (κ1) is 29.9. The summed E-state index contributed by atoms with van der Waals surface area (Å²) >= 11 is 0. The fourth-order valence-electron chi connectivity index (χ4n) is 3.52. The molecule has 1 aliphatic carbocycles. The van der Waals surface area contributed by atoms with Gasteiger partial charge in [0.2, 0.25) is 0 Å². The topological polar surface area (TPSA) is 97.4 Å². The van der Waals surface area contributed by atoms with Crippen LogP contribution in [-0.4, -0.2) is 49.8 Å². The lowest BCUT2D eigenvalue weighted by Gasteiger charge is -2.31. The van der Waals surface area contributed by atoms with Crippen LogP contribution in [0.2, 0.25) is 0 Å². The first-order valence-electron chi connectivity index (χ1n) is 11.5. The Morgan fingerprint density at radius 3 is 2.31 bits per heavy atom. The molecule has 3 rings (SSSR count). The Morgan fingerprint density at radius 2 is 1.79 bits per heavy atom. The number of aliphatic hydroxyl groups excluding tert-OH is 1. The van der Waals surface area contributed by atoms with Gasteiger partial charge in [-0.25, -0.2) is 9.18 Å². The molecule has 3 N–H and O–H groups in total. The molecule has 0 saturated heterocycles. The highest BCUT2D eigenvalue weighted by Gasteiger charge is 2.41. The number of carbonyl (C=O) groups is 1. The van der Waals surface area contributed by atoms with Crippen molar-refractivity contribution in [1.82, 2.24) is 0 Å². The number of nitrogens with zero attached hydrogens (tertiary/aromatic N) is 2. The Balaban J connectivity index is 1.98. The van der Waals surface area contributed by atoms with Crippen LogP contribution in [0.15, 0.2) is 47.6 Å². The van der Waals surface area contributed by atoms with Crippen LogP contribution in [0.25, 0.3) is 5.57 Å². The molecule has 212 valence electrons. The van der Waals surface area contributed by atoms with Gasteiger partial charge in [-0.05, 0) is 49.2 Å². The number of aliphatic imine (C=N–C) groups is 1. The molecular formula is C25H24F7N3O4. The summed E-state index contributed by atoms with van der Waals surface area (Å²) in [5.41, 5.74) is 0.846. The summed E-state index contributed by atoms with van der Waals surface area (Å²) < 4.78 is 106. The number of amides is 1. The Hall–Kier alpha value is -3.65. The minimum Gasteiger partial charge on any atom is -0.409 e. The molecule has 1 aliphatic rings. The van der Waals surface area contributed by atoms with E-state index in [2.05, 4.69) is 4.99 Å². The number of halogens is 7. The van der Waals surface area contributed by atoms with E-state index in [1.54, 1.807) is 0 Å². The van der Waals surface area contributed by atoms with Crippen LogP contribution in [0.4, 0.5) is 41.2 Å². The third-order valence-electron chi connectivity index (χ3n) is 5.85. The second kappa shape index (κ2) is 12.0. The molecule has 7 nitrogen and oxygen atoms in total. The molecule has 2 unspecified atom stereocenters. The van der Waals surface area contributed by atoms with Crippen molar-refractivity contribution in [3.05, 3.63) is 65.1 Å². The average Bonchev–Trinajstić information content (AvgIpc) is 2.86. The number of ether oxygens (including phenoxy) is 2. The second-order valence-electron chi connectivity index (χ2n) is 8.51. The van der Waals surface area contributed by atoms with Crippen molar-refractivity contribution < 1.29 is 50.1 Å². The molecule has 2 aromatic carbocycles. The lowest BCUT2D eigenvalue weighted by atomic mass is 9.92. The molecule has 0 heterocycles.